The van der Waals surface area contributed by atoms with Crippen molar-refractivity contribution < 1.29 is 22.3 Å². The monoisotopic (exact) mass is 286 g/mol. The Labute approximate surface area is 106 Å². The van der Waals surface area contributed by atoms with Crippen LogP contribution in [0.2, 0.25) is 0 Å². The van der Waals surface area contributed by atoms with Crippen molar-refractivity contribution in [3.8, 4) is 0 Å². The van der Waals surface area contributed by atoms with E-state index in [9.17, 15) is 17.6 Å². The standard InChI is InChI=1S/C10H14F4N2OS/c11-7(12)10(13,14)5-15-8-16-9(6-18-8)1-3-17-4-2-9/h7H,1-6H2,(H,15,16). The van der Waals surface area contributed by atoms with Crippen molar-refractivity contribution in [1.29, 1.82) is 0 Å². The molecule has 2 fully saturated rings. The molecule has 3 nitrogen and oxygen atoms in total. The number of amidine groups is 1. The van der Waals surface area contributed by atoms with Crippen molar-refractivity contribution in [2.24, 2.45) is 4.99 Å². The van der Waals surface area contributed by atoms with Crippen LogP contribution in [0.4, 0.5) is 17.6 Å². The second-order valence-electron chi connectivity index (χ2n) is 4.49. The van der Waals surface area contributed by atoms with Crippen LogP contribution in [0.1, 0.15) is 12.8 Å². The average Bonchev–Trinajstić information content (AvgIpc) is 2.71. The van der Waals surface area contributed by atoms with Gasteiger partial charge in [-0.1, -0.05) is 11.8 Å². The Kier molecular flexibility index (Phi) is 4.05. The lowest BCUT2D eigenvalue weighted by molar-refractivity contribution is -0.119. The highest BCUT2D eigenvalue weighted by atomic mass is 32.2. The molecule has 2 aliphatic heterocycles. The number of rotatable bonds is 3. The van der Waals surface area contributed by atoms with Gasteiger partial charge in [-0.05, 0) is 12.8 Å². The van der Waals surface area contributed by atoms with Crippen LogP contribution in [-0.2, 0) is 4.74 Å². The molecular formula is C10H14F4N2OS. The summed E-state index contributed by atoms with van der Waals surface area (Å²) in [4.78, 5) is 3.56. The van der Waals surface area contributed by atoms with E-state index in [1.165, 1.54) is 11.8 Å². The SMILES string of the molecule is FC(F)C(F)(F)CN=C1NC2(CCOCC2)CS1. The normalized spacial score (nSPS) is 25.9. The van der Waals surface area contributed by atoms with Crippen molar-refractivity contribution in [2.75, 3.05) is 25.5 Å². The first-order valence-electron chi connectivity index (χ1n) is 5.63. The zero-order chi connectivity index (χ0) is 13.2. The fourth-order valence-electron chi connectivity index (χ4n) is 1.87. The number of ether oxygens (including phenoxy) is 1. The van der Waals surface area contributed by atoms with Gasteiger partial charge in [0.05, 0.1) is 5.54 Å². The first-order chi connectivity index (χ1) is 8.44. The molecule has 2 aliphatic rings. The van der Waals surface area contributed by atoms with Crippen molar-refractivity contribution >= 4 is 16.9 Å². The summed E-state index contributed by atoms with van der Waals surface area (Å²) in [6, 6.07) is 0. The number of nitrogens with zero attached hydrogens (tertiary/aromatic N) is 1. The summed E-state index contributed by atoms with van der Waals surface area (Å²) in [5.41, 5.74) is -0.165. The smallest absolute Gasteiger partial charge is 0.326 e. The van der Waals surface area contributed by atoms with Gasteiger partial charge in [0.2, 0.25) is 0 Å². The quantitative estimate of drug-likeness (QED) is 0.807. The van der Waals surface area contributed by atoms with E-state index >= 15 is 0 Å². The van der Waals surface area contributed by atoms with Gasteiger partial charge < -0.3 is 10.1 Å². The highest BCUT2D eigenvalue weighted by Crippen LogP contribution is 2.32. The Morgan fingerprint density at radius 1 is 1.39 bits per heavy atom. The van der Waals surface area contributed by atoms with Gasteiger partial charge in [-0.2, -0.15) is 8.78 Å². The zero-order valence-corrected chi connectivity index (χ0v) is 10.4. The summed E-state index contributed by atoms with van der Waals surface area (Å²) in [5, 5.41) is 3.40. The summed E-state index contributed by atoms with van der Waals surface area (Å²) in [5.74, 6) is -3.34. The van der Waals surface area contributed by atoms with Crippen LogP contribution in [0.5, 0.6) is 0 Å². The Balaban J connectivity index is 1.92. The molecule has 0 aromatic carbocycles. The van der Waals surface area contributed by atoms with Gasteiger partial charge in [0.1, 0.15) is 6.54 Å². The Morgan fingerprint density at radius 2 is 2.06 bits per heavy atom. The Bertz CT molecular complexity index is 332. The first-order valence-corrected chi connectivity index (χ1v) is 6.61. The molecule has 0 unspecified atom stereocenters. The van der Waals surface area contributed by atoms with E-state index in [1.54, 1.807) is 0 Å². The summed E-state index contributed by atoms with van der Waals surface area (Å²) in [6.45, 7) is 0.0641. The van der Waals surface area contributed by atoms with E-state index in [1.807, 2.05) is 0 Å². The van der Waals surface area contributed by atoms with E-state index in [0.717, 1.165) is 18.6 Å². The fraction of sp³-hybridized carbons (Fsp3) is 0.900. The molecule has 0 radical (unpaired) electrons. The summed E-state index contributed by atoms with van der Waals surface area (Å²) in [6.07, 6.45) is -2.11. The van der Waals surface area contributed by atoms with E-state index in [0.29, 0.717) is 18.4 Å². The van der Waals surface area contributed by atoms with E-state index in [4.69, 9.17) is 4.74 Å². The average molecular weight is 286 g/mol. The maximum absolute atomic E-state index is 12.7. The van der Waals surface area contributed by atoms with Crippen LogP contribution >= 0.6 is 11.8 Å². The molecule has 104 valence electrons. The van der Waals surface area contributed by atoms with Gasteiger partial charge in [0, 0.05) is 19.0 Å². The molecule has 18 heavy (non-hydrogen) atoms. The number of aliphatic imine (C=N–C) groups is 1. The van der Waals surface area contributed by atoms with Gasteiger partial charge in [-0.3, -0.25) is 4.99 Å². The maximum Gasteiger partial charge on any atom is 0.326 e. The molecular weight excluding hydrogens is 272 g/mol. The fourth-order valence-corrected chi connectivity index (χ4v) is 3.09. The third kappa shape index (κ3) is 3.09. The van der Waals surface area contributed by atoms with Crippen LogP contribution < -0.4 is 5.32 Å². The van der Waals surface area contributed by atoms with Crippen LogP contribution in [0, 0.1) is 0 Å². The number of hydrogen-bond donors (Lipinski definition) is 1. The molecule has 0 atom stereocenters. The van der Waals surface area contributed by atoms with Crippen LogP contribution in [-0.4, -0.2) is 48.6 Å². The minimum absolute atomic E-state index is 0.165. The molecule has 2 rings (SSSR count). The molecule has 1 spiro atoms. The summed E-state index contributed by atoms with van der Waals surface area (Å²) in [7, 11) is 0. The number of thioether (sulfide) groups is 1. The minimum atomic E-state index is -4.05. The second-order valence-corrected chi connectivity index (χ2v) is 5.45. The molecule has 0 amide bonds. The maximum atomic E-state index is 12.7. The van der Waals surface area contributed by atoms with Gasteiger partial charge in [-0.15, -0.1) is 0 Å². The molecule has 2 saturated heterocycles. The second kappa shape index (κ2) is 5.24. The van der Waals surface area contributed by atoms with Crippen LogP contribution in [0.15, 0.2) is 4.99 Å². The van der Waals surface area contributed by atoms with Crippen LogP contribution in [0.25, 0.3) is 0 Å². The van der Waals surface area contributed by atoms with Gasteiger partial charge >= 0.3 is 12.3 Å². The third-order valence-electron chi connectivity index (χ3n) is 3.06. The summed E-state index contributed by atoms with van der Waals surface area (Å²) < 4.78 is 54.6. The molecule has 0 saturated carbocycles. The number of nitrogens with one attached hydrogen (secondary N) is 1. The lowest BCUT2D eigenvalue weighted by atomic mass is 9.93. The van der Waals surface area contributed by atoms with Crippen molar-refractivity contribution in [2.45, 2.75) is 30.7 Å². The van der Waals surface area contributed by atoms with Gasteiger partial charge in [0.15, 0.2) is 5.17 Å². The van der Waals surface area contributed by atoms with E-state index in [-0.39, 0.29) is 5.54 Å². The number of hydrogen-bond acceptors (Lipinski definition) is 3. The Morgan fingerprint density at radius 3 is 2.67 bits per heavy atom. The van der Waals surface area contributed by atoms with Gasteiger partial charge in [0.25, 0.3) is 0 Å². The van der Waals surface area contributed by atoms with E-state index in [2.05, 4.69) is 10.3 Å². The van der Waals surface area contributed by atoms with Crippen LogP contribution in [0.3, 0.4) is 0 Å². The predicted octanol–water partition coefficient (Wildman–Crippen LogP) is 2.13. The van der Waals surface area contributed by atoms with Crippen molar-refractivity contribution in [3.05, 3.63) is 0 Å². The van der Waals surface area contributed by atoms with Crippen molar-refractivity contribution in [3.63, 3.8) is 0 Å². The van der Waals surface area contributed by atoms with E-state index < -0.39 is 18.9 Å². The third-order valence-corrected chi connectivity index (χ3v) is 4.26. The zero-order valence-electron chi connectivity index (χ0n) is 9.60. The minimum Gasteiger partial charge on any atom is -0.381 e. The highest BCUT2D eigenvalue weighted by Gasteiger charge is 2.42. The molecule has 0 aliphatic carbocycles. The topological polar surface area (TPSA) is 33.6 Å². The molecule has 2 heterocycles. The lowest BCUT2D eigenvalue weighted by Crippen LogP contribution is -2.48. The number of halogens is 4. The molecule has 8 heteroatoms. The van der Waals surface area contributed by atoms with Crippen molar-refractivity contribution in [1.82, 2.24) is 5.32 Å². The van der Waals surface area contributed by atoms with Gasteiger partial charge in [-0.25, -0.2) is 8.78 Å². The first kappa shape index (κ1) is 13.9. The Hall–Kier alpha value is -0.500. The molecule has 1 N–H and O–H groups in total. The molecule has 0 aromatic rings. The molecule has 0 bridgehead atoms. The molecule has 0 aromatic heterocycles. The number of alkyl halides is 4. The predicted molar refractivity (Wildman–Crippen MR) is 61.6 cm³/mol. The lowest BCUT2D eigenvalue weighted by Gasteiger charge is -2.32. The summed E-state index contributed by atoms with van der Waals surface area (Å²) >= 11 is 1.31. The highest BCUT2D eigenvalue weighted by molar-refractivity contribution is 8.14. The largest absolute Gasteiger partial charge is 0.381 e.